The molecule has 1 aromatic heterocycles. The molecule has 0 radical (unpaired) electrons. The molecule has 1 amide bonds. The van der Waals surface area contributed by atoms with E-state index < -0.39 is 11.9 Å². The molecule has 0 unspecified atom stereocenters. The number of ether oxygens (including phenoxy) is 1. The molecular weight excluding hydrogens is 346 g/mol. The lowest BCUT2D eigenvalue weighted by molar-refractivity contribution is -0.141. The van der Waals surface area contributed by atoms with E-state index >= 15 is 0 Å². The zero-order valence-corrected chi connectivity index (χ0v) is 14.4. The van der Waals surface area contributed by atoms with E-state index in [2.05, 4.69) is 5.32 Å². The lowest BCUT2D eigenvalue weighted by atomic mass is 10.0. The van der Waals surface area contributed by atoms with Crippen LogP contribution in [0.4, 0.5) is 0 Å². The zero-order chi connectivity index (χ0) is 19.1. The van der Waals surface area contributed by atoms with Crippen LogP contribution in [0.25, 0.3) is 11.1 Å². The van der Waals surface area contributed by atoms with Gasteiger partial charge in [-0.2, -0.15) is 0 Å². The summed E-state index contributed by atoms with van der Waals surface area (Å²) in [6.07, 6.45) is 1.36. The van der Waals surface area contributed by atoms with Crippen molar-refractivity contribution in [1.82, 2.24) is 5.32 Å². The molecule has 0 saturated heterocycles. The van der Waals surface area contributed by atoms with Gasteiger partial charge in [-0.15, -0.1) is 0 Å². The van der Waals surface area contributed by atoms with Gasteiger partial charge in [0.15, 0.2) is 18.2 Å². The minimum Gasteiger partial charge on any atom is -0.459 e. The van der Waals surface area contributed by atoms with Crippen molar-refractivity contribution in [3.05, 3.63) is 84.3 Å². The van der Waals surface area contributed by atoms with Crippen LogP contribution in [0, 0.1) is 0 Å². The van der Waals surface area contributed by atoms with Crippen molar-refractivity contribution in [2.24, 2.45) is 0 Å². The molecule has 0 aliphatic heterocycles. The fourth-order valence-corrected chi connectivity index (χ4v) is 2.41. The Bertz CT molecular complexity index is 915. The van der Waals surface area contributed by atoms with E-state index in [0.717, 1.165) is 11.1 Å². The van der Waals surface area contributed by atoms with Gasteiger partial charge in [-0.05, 0) is 23.3 Å². The van der Waals surface area contributed by atoms with Crippen LogP contribution in [0.3, 0.4) is 0 Å². The molecule has 27 heavy (non-hydrogen) atoms. The highest BCUT2D eigenvalue weighted by molar-refractivity contribution is 5.98. The summed E-state index contributed by atoms with van der Waals surface area (Å²) in [5, 5.41) is 2.36. The largest absolute Gasteiger partial charge is 0.459 e. The summed E-state index contributed by atoms with van der Waals surface area (Å²) in [7, 11) is 0. The number of ketones is 1. The van der Waals surface area contributed by atoms with E-state index in [1.54, 1.807) is 18.2 Å². The van der Waals surface area contributed by atoms with Crippen LogP contribution in [0.1, 0.15) is 20.9 Å². The number of carbonyl (C=O) groups excluding carboxylic acids is 3. The average molecular weight is 363 g/mol. The lowest BCUT2D eigenvalue weighted by Gasteiger charge is -2.06. The van der Waals surface area contributed by atoms with Crippen LogP contribution >= 0.6 is 0 Å². The van der Waals surface area contributed by atoms with Gasteiger partial charge in [-0.3, -0.25) is 14.4 Å². The first-order chi connectivity index (χ1) is 13.1. The van der Waals surface area contributed by atoms with Crippen molar-refractivity contribution in [2.45, 2.75) is 0 Å². The quantitative estimate of drug-likeness (QED) is 0.515. The maximum Gasteiger partial charge on any atom is 0.325 e. The zero-order valence-electron chi connectivity index (χ0n) is 14.4. The van der Waals surface area contributed by atoms with Gasteiger partial charge in [-0.1, -0.05) is 54.6 Å². The summed E-state index contributed by atoms with van der Waals surface area (Å²) >= 11 is 0. The molecule has 3 aromatic rings. The first kappa shape index (κ1) is 18.1. The first-order valence-electron chi connectivity index (χ1n) is 8.29. The summed E-state index contributed by atoms with van der Waals surface area (Å²) < 4.78 is 9.81. The predicted molar refractivity (Wildman–Crippen MR) is 98.2 cm³/mol. The maximum absolute atomic E-state index is 12.1. The van der Waals surface area contributed by atoms with Crippen molar-refractivity contribution in [3.63, 3.8) is 0 Å². The first-order valence-corrected chi connectivity index (χ1v) is 8.29. The van der Waals surface area contributed by atoms with E-state index in [1.165, 1.54) is 12.3 Å². The van der Waals surface area contributed by atoms with Crippen LogP contribution in [-0.2, 0) is 9.53 Å². The standard InChI is InChI=1S/C21H17NO5/c23-18(14-27-20(24)13-22-21(25)19-7-4-12-26-19)17-10-8-16(9-11-17)15-5-2-1-3-6-15/h1-12H,13-14H2,(H,22,25). The number of Topliss-reactive ketones (excluding diaryl/α,β-unsaturated/α-hetero) is 1. The second kappa shape index (κ2) is 8.62. The molecule has 136 valence electrons. The highest BCUT2D eigenvalue weighted by Gasteiger charge is 2.13. The van der Waals surface area contributed by atoms with Crippen LogP contribution in [-0.4, -0.2) is 30.8 Å². The van der Waals surface area contributed by atoms with E-state index in [0.29, 0.717) is 5.56 Å². The van der Waals surface area contributed by atoms with E-state index in [4.69, 9.17) is 9.15 Å². The number of carbonyl (C=O) groups is 3. The fourth-order valence-electron chi connectivity index (χ4n) is 2.41. The normalized spacial score (nSPS) is 10.2. The summed E-state index contributed by atoms with van der Waals surface area (Å²) in [5.74, 6) is -1.46. The molecule has 1 heterocycles. The molecular formula is C21H17NO5. The molecule has 0 atom stereocenters. The Morgan fingerprint density at radius 1 is 0.852 bits per heavy atom. The van der Waals surface area contributed by atoms with Gasteiger partial charge in [-0.25, -0.2) is 0 Å². The minimum absolute atomic E-state index is 0.0948. The number of amides is 1. The van der Waals surface area contributed by atoms with Crippen LogP contribution < -0.4 is 5.32 Å². The third kappa shape index (κ3) is 4.92. The molecule has 0 bridgehead atoms. The molecule has 6 nitrogen and oxygen atoms in total. The second-order valence-corrected chi connectivity index (χ2v) is 5.69. The van der Waals surface area contributed by atoms with Gasteiger partial charge in [0.1, 0.15) is 6.54 Å². The van der Waals surface area contributed by atoms with Crippen LogP contribution in [0.2, 0.25) is 0 Å². The fraction of sp³-hybridized carbons (Fsp3) is 0.0952. The van der Waals surface area contributed by atoms with Gasteiger partial charge in [0.25, 0.3) is 5.91 Å². The van der Waals surface area contributed by atoms with Gasteiger partial charge >= 0.3 is 5.97 Å². The number of hydrogen-bond donors (Lipinski definition) is 1. The van der Waals surface area contributed by atoms with Gasteiger partial charge in [0.2, 0.25) is 0 Å². The summed E-state index contributed by atoms with van der Waals surface area (Å²) in [4.78, 5) is 35.5. The van der Waals surface area contributed by atoms with Crippen molar-refractivity contribution in [3.8, 4) is 11.1 Å². The number of hydrogen-bond acceptors (Lipinski definition) is 5. The molecule has 3 rings (SSSR count). The Balaban J connectivity index is 1.47. The molecule has 0 aliphatic carbocycles. The van der Waals surface area contributed by atoms with Crippen molar-refractivity contribution in [2.75, 3.05) is 13.2 Å². The summed E-state index contributed by atoms with van der Waals surface area (Å²) in [5.41, 5.74) is 2.49. The topological polar surface area (TPSA) is 85.6 Å². The average Bonchev–Trinajstić information content (AvgIpc) is 3.26. The molecule has 0 saturated carbocycles. The third-order valence-corrected chi connectivity index (χ3v) is 3.82. The summed E-state index contributed by atoms with van der Waals surface area (Å²) in [6.45, 7) is -0.736. The number of rotatable bonds is 7. The number of furan rings is 1. The number of benzene rings is 2. The predicted octanol–water partition coefficient (Wildman–Crippen LogP) is 3.10. The Hall–Kier alpha value is -3.67. The van der Waals surface area contributed by atoms with Crippen molar-refractivity contribution < 1.29 is 23.5 Å². The third-order valence-electron chi connectivity index (χ3n) is 3.82. The molecule has 0 aliphatic rings. The number of nitrogens with one attached hydrogen (secondary N) is 1. The monoisotopic (exact) mass is 363 g/mol. The Kier molecular flexibility index (Phi) is 5.79. The Labute approximate surface area is 155 Å². The van der Waals surface area contributed by atoms with Crippen LogP contribution in [0.15, 0.2) is 77.4 Å². The molecule has 6 heteroatoms. The smallest absolute Gasteiger partial charge is 0.325 e. The van der Waals surface area contributed by atoms with Gasteiger partial charge < -0.3 is 14.5 Å². The van der Waals surface area contributed by atoms with Crippen LogP contribution in [0.5, 0.6) is 0 Å². The SMILES string of the molecule is O=C(CNC(=O)c1ccco1)OCC(=O)c1ccc(-c2ccccc2)cc1. The van der Waals surface area contributed by atoms with Gasteiger partial charge in [0, 0.05) is 5.56 Å². The van der Waals surface area contributed by atoms with Crippen molar-refractivity contribution >= 4 is 17.7 Å². The lowest BCUT2D eigenvalue weighted by Crippen LogP contribution is -2.31. The molecule has 1 N–H and O–H groups in total. The number of esters is 1. The Morgan fingerprint density at radius 3 is 2.22 bits per heavy atom. The Morgan fingerprint density at radius 2 is 1.56 bits per heavy atom. The van der Waals surface area contributed by atoms with Gasteiger partial charge in [0.05, 0.1) is 6.26 Å². The molecule has 0 spiro atoms. The second-order valence-electron chi connectivity index (χ2n) is 5.69. The minimum atomic E-state index is -0.704. The molecule has 0 fully saturated rings. The maximum atomic E-state index is 12.1. The highest BCUT2D eigenvalue weighted by Crippen LogP contribution is 2.19. The highest BCUT2D eigenvalue weighted by atomic mass is 16.5. The summed E-state index contributed by atoms with van der Waals surface area (Å²) in [6, 6.07) is 19.9. The van der Waals surface area contributed by atoms with E-state index in [9.17, 15) is 14.4 Å². The van der Waals surface area contributed by atoms with E-state index in [-0.39, 0.29) is 24.7 Å². The van der Waals surface area contributed by atoms with Crippen molar-refractivity contribution in [1.29, 1.82) is 0 Å². The molecule has 2 aromatic carbocycles. The van der Waals surface area contributed by atoms with E-state index in [1.807, 2.05) is 42.5 Å².